The Balaban J connectivity index is 0. The second-order valence-electron chi connectivity index (χ2n) is 2.08. The fraction of sp³-hybridized carbons (Fsp3) is 0.143. The Kier molecular flexibility index (Phi) is 6.58. The molecule has 0 heterocycles. The van der Waals surface area contributed by atoms with E-state index < -0.39 is 11.7 Å². The van der Waals surface area contributed by atoms with Crippen LogP contribution in [0.2, 0.25) is 0 Å². The van der Waals surface area contributed by atoms with Gasteiger partial charge in [-0.1, -0.05) is 24.3 Å². The van der Waals surface area contributed by atoms with E-state index in [-0.39, 0.29) is 44.5 Å². The molecule has 1 rings (SSSR count). The molecule has 2 nitrogen and oxygen atoms in total. The summed E-state index contributed by atoms with van der Waals surface area (Å²) in [5, 5.41) is 0. The number of hydrogen-bond acceptors (Lipinski definition) is 0. The number of halogens is 3. The van der Waals surface area contributed by atoms with Crippen molar-refractivity contribution in [3.05, 3.63) is 41.7 Å². The summed E-state index contributed by atoms with van der Waals surface area (Å²) >= 11 is 0. The van der Waals surface area contributed by atoms with Gasteiger partial charge in [0, 0.05) is 32.7 Å². The van der Waals surface area contributed by atoms with E-state index >= 15 is 0 Å². The molecule has 1 aromatic rings. The van der Waals surface area contributed by atoms with Crippen molar-refractivity contribution < 1.29 is 45.9 Å². The average Bonchev–Trinajstić information content (AvgIpc) is 1.86. The fourth-order valence-electron chi connectivity index (χ4n) is 0.659. The number of nitrogens with one attached hydrogen (secondary N) is 1. The molecule has 0 aliphatic carbocycles. The Labute approximate surface area is 99.2 Å². The topological polar surface area (TPSA) is 57.3 Å². The van der Waals surface area contributed by atoms with Crippen molar-refractivity contribution in [2.24, 2.45) is 0 Å². The standard InChI is InChI=1S/C7H5F3N.H2N.Y/c8-7(9,10)5-1-3-6(11)4-2-5;;/h1-4,11H;1H2;/q2*-1;. The first kappa shape index (κ1) is 15.4. The van der Waals surface area contributed by atoms with E-state index in [0.717, 1.165) is 24.3 Å². The van der Waals surface area contributed by atoms with Crippen molar-refractivity contribution in [3.8, 4) is 0 Å². The van der Waals surface area contributed by atoms with E-state index in [4.69, 9.17) is 5.73 Å². The van der Waals surface area contributed by atoms with Crippen LogP contribution in [0.3, 0.4) is 0 Å². The molecule has 0 saturated carbocycles. The molecule has 1 aromatic carbocycles. The minimum absolute atomic E-state index is 0. The number of alkyl halides is 3. The zero-order chi connectivity index (χ0) is 8.48. The minimum Gasteiger partial charge on any atom is -0.699 e. The summed E-state index contributed by atoms with van der Waals surface area (Å²) in [6.45, 7) is 0. The molecule has 1 radical (unpaired) electrons. The molecular formula is C7H7F3N2Y-2. The summed E-state index contributed by atoms with van der Waals surface area (Å²) in [6.07, 6.45) is -4.30. The maximum absolute atomic E-state index is 11.9. The average molecular weight is 265 g/mol. The molecule has 0 unspecified atom stereocenters. The van der Waals surface area contributed by atoms with E-state index in [9.17, 15) is 13.2 Å². The Morgan fingerprint density at radius 1 is 1.00 bits per heavy atom. The second kappa shape index (κ2) is 5.57. The Hall–Kier alpha value is -0.126. The van der Waals surface area contributed by atoms with Gasteiger partial charge in [-0.05, 0) is 0 Å². The zero-order valence-corrected chi connectivity index (χ0v) is 9.44. The quantitative estimate of drug-likeness (QED) is 0.678. The summed E-state index contributed by atoms with van der Waals surface area (Å²) < 4.78 is 35.6. The monoisotopic (exact) mass is 265 g/mol. The van der Waals surface area contributed by atoms with Crippen molar-refractivity contribution >= 4 is 5.69 Å². The van der Waals surface area contributed by atoms with Crippen LogP contribution in [0, 0.1) is 0 Å². The molecular weight excluding hydrogens is 258 g/mol. The van der Waals surface area contributed by atoms with Crippen LogP contribution in [-0.2, 0) is 38.9 Å². The Bertz CT molecular complexity index is 245. The van der Waals surface area contributed by atoms with Gasteiger partial charge in [0.1, 0.15) is 0 Å². The first-order valence-electron chi connectivity index (χ1n) is 2.89. The number of rotatable bonds is 0. The smallest absolute Gasteiger partial charge is 0.416 e. The van der Waals surface area contributed by atoms with Gasteiger partial charge in [-0.3, -0.25) is 0 Å². The van der Waals surface area contributed by atoms with Crippen molar-refractivity contribution in [1.82, 2.24) is 0 Å². The van der Waals surface area contributed by atoms with E-state index in [2.05, 4.69) is 0 Å². The van der Waals surface area contributed by atoms with Crippen LogP contribution in [0.5, 0.6) is 0 Å². The van der Waals surface area contributed by atoms with E-state index in [1.165, 1.54) is 0 Å². The molecule has 13 heavy (non-hydrogen) atoms. The first-order chi connectivity index (χ1) is 5.00. The van der Waals surface area contributed by atoms with Crippen LogP contribution >= 0.6 is 0 Å². The van der Waals surface area contributed by atoms with Gasteiger partial charge in [-0.2, -0.15) is 13.2 Å². The van der Waals surface area contributed by atoms with Gasteiger partial charge in [0.25, 0.3) is 0 Å². The zero-order valence-electron chi connectivity index (χ0n) is 6.60. The molecule has 3 N–H and O–H groups in total. The van der Waals surface area contributed by atoms with Gasteiger partial charge in [-0.15, -0.1) is 5.69 Å². The summed E-state index contributed by atoms with van der Waals surface area (Å²) in [7, 11) is 0. The minimum atomic E-state index is -4.30. The van der Waals surface area contributed by atoms with Crippen LogP contribution in [0.1, 0.15) is 5.56 Å². The normalized spacial score (nSPS) is 9.77. The SMILES string of the molecule is [NH-]c1ccc(C(F)(F)F)cc1.[NH2-].[Y]. The van der Waals surface area contributed by atoms with Gasteiger partial charge in [0.2, 0.25) is 0 Å². The van der Waals surface area contributed by atoms with Crippen molar-refractivity contribution in [3.63, 3.8) is 0 Å². The molecule has 71 valence electrons. The van der Waals surface area contributed by atoms with E-state index in [0.29, 0.717) is 0 Å². The molecule has 0 atom stereocenters. The summed E-state index contributed by atoms with van der Waals surface area (Å²) in [6, 6.07) is 4.01. The van der Waals surface area contributed by atoms with Crippen LogP contribution in [0.25, 0.3) is 11.9 Å². The Morgan fingerprint density at radius 2 is 1.38 bits per heavy atom. The predicted molar refractivity (Wildman–Crippen MR) is 40.7 cm³/mol. The van der Waals surface area contributed by atoms with Crippen LogP contribution in [-0.4, -0.2) is 0 Å². The van der Waals surface area contributed by atoms with Gasteiger partial charge >= 0.3 is 6.18 Å². The van der Waals surface area contributed by atoms with Crippen LogP contribution in [0.4, 0.5) is 18.9 Å². The molecule has 0 aromatic heterocycles. The fourth-order valence-corrected chi connectivity index (χ4v) is 0.659. The van der Waals surface area contributed by atoms with Gasteiger partial charge < -0.3 is 11.9 Å². The summed E-state index contributed by atoms with van der Waals surface area (Å²) in [5.74, 6) is 0. The molecule has 0 aliphatic heterocycles. The van der Waals surface area contributed by atoms with Crippen molar-refractivity contribution in [2.75, 3.05) is 0 Å². The van der Waals surface area contributed by atoms with Crippen molar-refractivity contribution in [1.29, 1.82) is 0 Å². The van der Waals surface area contributed by atoms with E-state index in [1.54, 1.807) is 0 Å². The van der Waals surface area contributed by atoms with Gasteiger partial charge in [-0.25, -0.2) is 0 Å². The molecule has 0 fully saturated rings. The van der Waals surface area contributed by atoms with Crippen LogP contribution < -0.4 is 0 Å². The number of hydrogen-bond donors (Lipinski definition) is 0. The summed E-state index contributed by atoms with van der Waals surface area (Å²) in [5.41, 5.74) is 6.30. The summed E-state index contributed by atoms with van der Waals surface area (Å²) in [4.78, 5) is 0. The van der Waals surface area contributed by atoms with Gasteiger partial charge in [0.05, 0.1) is 5.56 Å². The second-order valence-corrected chi connectivity index (χ2v) is 2.08. The third-order valence-corrected chi connectivity index (χ3v) is 1.21. The Morgan fingerprint density at radius 3 is 1.69 bits per heavy atom. The molecule has 0 saturated heterocycles. The molecule has 0 bridgehead atoms. The largest absolute Gasteiger partial charge is 0.699 e. The maximum atomic E-state index is 11.9. The predicted octanol–water partition coefficient (Wildman–Crippen LogP) is 4.10. The molecule has 6 heteroatoms. The third kappa shape index (κ3) is 4.59. The van der Waals surface area contributed by atoms with Gasteiger partial charge in [0.15, 0.2) is 0 Å². The molecule has 0 aliphatic rings. The van der Waals surface area contributed by atoms with E-state index in [1.807, 2.05) is 0 Å². The molecule has 0 amide bonds. The van der Waals surface area contributed by atoms with Crippen molar-refractivity contribution in [2.45, 2.75) is 6.18 Å². The number of benzene rings is 1. The molecule has 0 spiro atoms. The third-order valence-electron chi connectivity index (χ3n) is 1.21. The number of nitrogens with two attached hydrogens (primary N) is 1. The maximum Gasteiger partial charge on any atom is 0.416 e. The van der Waals surface area contributed by atoms with Crippen LogP contribution in [0.15, 0.2) is 24.3 Å². The first-order valence-corrected chi connectivity index (χ1v) is 2.89.